The lowest BCUT2D eigenvalue weighted by Crippen LogP contribution is -2.34. The van der Waals surface area contributed by atoms with Gasteiger partial charge in [-0.2, -0.15) is 8.42 Å². The van der Waals surface area contributed by atoms with E-state index in [2.05, 4.69) is 52.8 Å². The highest BCUT2D eigenvalue weighted by Crippen LogP contribution is 2.46. The number of fused-ring (bicyclic) bond motifs is 1. The molecule has 0 N–H and O–H groups in total. The molecule has 2 aromatic carbocycles. The standard InChI is InChI=1S/C27H36O3S/c1-19(2)18-30-31(28,29)23-12-9-21(10-13-23)8-11-22-17-25-24(16-20(22)3)26(4,5)14-15-27(25,6)7/h8-13,16-17,19H,14-15,18H2,1-7H3. The van der Waals surface area contributed by atoms with E-state index in [4.69, 9.17) is 4.18 Å². The minimum Gasteiger partial charge on any atom is -0.266 e. The van der Waals surface area contributed by atoms with Crippen molar-refractivity contribution in [1.29, 1.82) is 0 Å². The molecule has 0 aromatic heterocycles. The number of hydrogen-bond acceptors (Lipinski definition) is 3. The Bertz CT molecular complexity index is 1070. The minimum absolute atomic E-state index is 0.160. The van der Waals surface area contributed by atoms with Crippen LogP contribution in [0.1, 0.15) is 82.2 Å². The van der Waals surface area contributed by atoms with Crippen LogP contribution in [0.3, 0.4) is 0 Å². The molecule has 0 aliphatic heterocycles. The van der Waals surface area contributed by atoms with Crippen LogP contribution in [-0.2, 0) is 25.1 Å². The Balaban J connectivity index is 1.86. The Hall–Kier alpha value is -1.91. The van der Waals surface area contributed by atoms with Crippen LogP contribution in [0.2, 0.25) is 0 Å². The van der Waals surface area contributed by atoms with Gasteiger partial charge in [0.2, 0.25) is 0 Å². The van der Waals surface area contributed by atoms with Crippen molar-refractivity contribution >= 4 is 22.3 Å². The molecule has 1 aliphatic carbocycles. The van der Waals surface area contributed by atoms with Crippen molar-refractivity contribution < 1.29 is 12.6 Å². The second-order valence-electron chi connectivity index (χ2n) is 10.6. The van der Waals surface area contributed by atoms with Gasteiger partial charge in [0, 0.05) is 0 Å². The van der Waals surface area contributed by atoms with Gasteiger partial charge in [-0.15, -0.1) is 0 Å². The molecule has 2 aromatic rings. The Morgan fingerprint density at radius 1 is 0.935 bits per heavy atom. The van der Waals surface area contributed by atoms with Crippen molar-refractivity contribution in [1.82, 2.24) is 0 Å². The molecule has 3 nitrogen and oxygen atoms in total. The van der Waals surface area contributed by atoms with Crippen molar-refractivity contribution in [3.05, 3.63) is 64.2 Å². The van der Waals surface area contributed by atoms with Gasteiger partial charge in [0.05, 0.1) is 11.5 Å². The normalized spacial score (nSPS) is 17.8. The van der Waals surface area contributed by atoms with E-state index in [-0.39, 0.29) is 28.3 Å². The molecule has 168 valence electrons. The van der Waals surface area contributed by atoms with Crippen LogP contribution in [0.15, 0.2) is 41.3 Å². The molecule has 4 heteroatoms. The van der Waals surface area contributed by atoms with Crippen LogP contribution in [0.25, 0.3) is 12.2 Å². The first-order valence-electron chi connectivity index (χ1n) is 11.1. The van der Waals surface area contributed by atoms with Crippen molar-refractivity contribution in [2.75, 3.05) is 6.61 Å². The van der Waals surface area contributed by atoms with E-state index < -0.39 is 10.1 Å². The van der Waals surface area contributed by atoms with E-state index in [1.54, 1.807) is 12.1 Å². The van der Waals surface area contributed by atoms with Crippen molar-refractivity contribution in [3.8, 4) is 0 Å². The smallest absolute Gasteiger partial charge is 0.266 e. The summed E-state index contributed by atoms with van der Waals surface area (Å²) in [5.41, 5.74) is 6.72. The molecule has 3 rings (SSSR count). The zero-order valence-corrected chi connectivity index (χ0v) is 20.8. The fourth-order valence-electron chi connectivity index (χ4n) is 4.14. The van der Waals surface area contributed by atoms with Crippen molar-refractivity contribution in [2.45, 2.75) is 77.0 Å². The molecule has 0 unspecified atom stereocenters. The predicted molar refractivity (Wildman–Crippen MR) is 130 cm³/mol. The van der Waals surface area contributed by atoms with E-state index in [0.29, 0.717) is 0 Å². The van der Waals surface area contributed by atoms with Gasteiger partial charge in [0.15, 0.2) is 0 Å². The van der Waals surface area contributed by atoms with Crippen LogP contribution in [0.5, 0.6) is 0 Å². The Kier molecular flexibility index (Phi) is 6.55. The lowest BCUT2D eigenvalue weighted by Gasteiger charge is -2.42. The highest BCUT2D eigenvalue weighted by molar-refractivity contribution is 7.86. The van der Waals surface area contributed by atoms with Gasteiger partial charge in [0.1, 0.15) is 0 Å². The fourth-order valence-corrected chi connectivity index (χ4v) is 5.20. The summed E-state index contributed by atoms with van der Waals surface area (Å²) in [4.78, 5) is 0.194. The van der Waals surface area contributed by atoms with E-state index >= 15 is 0 Å². The quantitative estimate of drug-likeness (QED) is 0.363. The first kappa shape index (κ1) is 23.7. The highest BCUT2D eigenvalue weighted by atomic mass is 32.2. The molecule has 0 radical (unpaired) electrons. The third kappa shape index (κ3) is 5.30. The largest absolute Gasteiger partial charge is 0.296 e. The third-order valence-electron chi connectivity index (χ3n) is 6.42. The summed E-state index contributed by atoms with van der Waals surface area (Å²) in [6, 6.07) is 11.6. The Morgan fingerprint density at radius 3 is 2.03 bits per heavy atom. The first-order valence-corrected chi connectivity index (χ1v) is 12.6. The minimum atomic E-state index is -3.70. The number of benzene rings is 2. The average Bonchev–Trinajstić information content (AvgIpc) is 2.69. The highest BCUT2D eigenvalue weighted by Gasteiger charge is 2.37. The molecule has 31 heavy (non-hydrogen) atoms. The van der Waals surface area contributed by atoms with Crippen LogP contribution in [0, 0.1) is 12.8 Å². The lowest BCUT2D eigenvalue weighted by atomic mass is 9.62. The second kappa shape index (κ2) is 8.55. The van der Waals surface area contributed by atoms with E-state index in [1.807, 2.05) is 32.1 Å². The zero-order valence-electron chi connectivity index (χ0n) is 20.0. The van der Waals surface area contributed by atoms with Gasteiger partial charge in [-0.25, -0.2) is 0 Å². The lowest BCUT2D eigenvalue weighted by molar-refractivity contribution is 0.275. The summed E-state index contributed by atoms with van der Waals surface area (Å²) in [5.74, 6) is 0.160. The van der Waals surface area contributed by atoms with Crippen molar-refractivity contribution in [2.24, 2.45) is 5.92 Å². The molecule has 0 saturated carbocycles. The maximum absolute atomic E-state index is 12.3. The molecular formula is C27H36O3S. The number of aryl methyl sites for hydroxylation is 1. The molecular weight excluding hydrogens is 404 g/mol. The number of rotatable bonds is 6. The van der Waals surface area contributed by atoms with Gasteiger partial charge >= 0.3 is 0 Å². The summed E-state index contributed by atoms with van der Waals surface area (Å²) in [6.07, 6.45) is 6.57. The van der Waals surface area contributed by atoms with Gasteiger partial charge < -0.3 is 0 Å². The Labute approximate surface area is 188 Å². The molecule has 0 saturated heterocycles. The number of hydrogen-bond donors (Lipinski definition) is 0. The summed E-state index contributed by atoms with van der Waals surface area (Å²) in [5, 5.41) is 0. The van der Waals surface area contributed by atoms with Gasteiger partial charge in [-0.05, 0) is 76.5 Å². The molecule has 0 spiro atoms. The maximum Gasteiger partial charge on any atom is 0.296 e. The second-order valence-corrected chi connectivity index (χ2v) is 12.2. The first-order chi connectivity index (χ1) is 14.3. The summed E-state index contributed by atoms with van der Waals surface area (Å²) >= 11 is 0. The summed E-state index contributed by atoms with van der Waals surface area (Å²) in [7, 11) is -3.70. The van der Waals surface area contributed by atoms with E-state index in [0.717, 1.165) is 5.56 Å². The molecule has 0 heterocycles. The molecule has 1 aliphatic rings. The summed E-state index contributed by atoms with van der Waals surface area (Å²) in [6.45, 7) is 15.6. The van der Waals surface area contributed by atoms with Crippen LogP contribution >= 0.6 is 0 Å². The van der Waals surface area contributed by atoms with Gasteiger partial charge in [0.25, 0.3) is 10.1 Å². The van der Waals surface area contributed by atoms with Gasteiger partial charge in [-0.3, -0.25) is 4.18 Å². The van der Waals surface area contributed by atoms with Gasteiger partial charge in [-0.1, -0.05) is 78.0 Å². The topological polar surface area (TPSA) is 43.4 Å². The average molecular weight is 441 g/mol. The van der Waals surface area contributed by atoms with Crippen LogP contribution in [0.4, 0.5) is 0 Å². The monoisotopic (exact) mass is 440 g/mol. The molecule has 0 fully saturated rings. The van der Waals surface area contributed by atoms with E-state index in [1.165, 1.54) is 35.1 Å². The third-order valence-corrected chi connectivity index (χ3v) is 7.72. The van der Waals surface area contributed by atoms with Crippen LogP contribution < -0.4 is 0 Å². The zero-order chi connectivity index (χ0) is 23.0. The van der Waals surface area contributed by atoms with Crippen molar-refractivity contribution in [3.63, 3.8) is 0 Å². The predicted octanol–water partition coefficient (Wildman–Crippen LogP) is 6.88. The van der Waals surface area contributed by atoms with Crippen LogP contribution in [-0.4, -0.2) is 15.0 Å². The van der Waals surface area contributed by atoms with E-state index in [9.17, 15) is 8.42 Å². The Morgan fingerprint density at radius 2 is 1.48 bits per heavy atom. The maximum atomic E-state index is 12.3. The summed E-state index contributed by atoms with van der Waals surface area (Å²) < 4.78 is 29.7. The SMILES string of the molecule is Cc1cc2c(cc1C=Cc1ccc(S(=O)(=O)OCC(C)C)cc1)C(C)(C)CCC2(C)C. The fraction of sp³-hybridized carbons (Fsp3) is 0.481. The molecule has 0 amide bonds. The molecule has 0 atom stereocenters. The molecule has 0 bridgehead atoms.